The predicted octanol–water partition coefficient (Wildman–Crippen LogP) is -1.69. The number of nitrogens with zero attached hydrogens (tertiary/aromatic N) is 4. The summed E-state index contributed by atoms with van der Waals surface area (Å²) in [6.07, 6.45) is 2.75. The minimum atomic E-state index is -1.60. The van der Waals surface area contributed by atoms with E-state index < -0.39 is 78.7 Å². The van der Waals surface area contributed by atoms with Gasteiger partial charge in [0.15, 0.2) is 5.96 Å². The first-order chi connectivity index (χ1) is 26.3. The highest BCUT2D eigenvalue weighted by Crippen LogP contribution is 2.10. The molecule has 55 heavy (non-hydrogen) atoms. The third-order valence-corrected chi connectivity index (χ3v) is 8.47. The van der Waals surface area contributed by atoms with Gasteiger partial charge in [-0.15, -0.1) is 0 Å². The van der Waals surface area contributed by atoms with Gasteiger partial charge in [-0.3, -0.25) is 38.6 Å². The summed E-state index contributed by atoms with van der Waals surface area (Å²) in [6, 6.07) is 2.57. The Bertz CT molecular complexity index is 1530. The largest absolute Gasteiger partial charge is 0.481 e. The lowest BCUT2D eigenvalue weighted by atomic mass is 10.0. The highest BCUT2D eigenvalue weighted by atomic mass is 16.4. The van der Waals surface area contributed by atoms with Crippen molar-refractivity contribution in [1.82, 2.24) is 31.9 Å². The number of unbranched alkanes of at least 4 members (excludes halogenated alkanes) is 3. The van der Waals surface area contributed by atoms with E-state index in [1.165, 1.54) is 0 Å². The standard InChI is InChI=1S/C34H53N13O8/c35-22(12-5-2-7-17-42-47-38)29(51)39-15-8-6-13-24-31(53)44-23(14-9-16-40-34(36)37)30(52)41-20-27(48)43-26(19-28(49)50)33(55)46-25(32(54)45-24)18-21-10-3-1-4-11-21/h1,3-4,10-11,22-26H,2,5-9,12-20,35H2,(H,39,51)(H,41,52)(H,43,48)(H,44,53)(H,45,54)(H,46,55)(H,49,50)(H4,36,37,40)/t22-,23+,24+,25-,26+/m1/s1. The van der Waals surface area contributed by atoms with E-state index in [0.29, 0.717) is 44.2 Å². The van der Waals surface area contributed by atoms with Gasteiger partial charge in [0.1, 0.15) is 24.2 Å². The van der Waals surface area contributed by atoms with Crippen molar-refractivity contribution in [3.63, 3.8) is 0 Å². The summed E-state index contributed by atoms with van der Waals surface area (Å²) >= 11 is 0. The quantitative estimate of drug-likeness (QED) is 0.0178. The molecule has 0 radical (unpaired) electrons. The van der Waals surface area contributed by atoms with Gasteiger partial charge in [0.2, 0.25) is 35.4 Å². The van der Waals surface area contributed by atoms with E-state index in [-0.39, 0.29) is 50.6 Å². The smallest absolute Gasteiger partial charge is 0.305 e. The van der Waals surface area contributed by atoms with Gasteiger partial charge in [0.05, 0.1) is 19.0 Å². The van der Waals surface area contributed by atoms with Gasteiger partial charge in [0.25, 0.3) is 0 Å². The Morgan fingerprint density at radius 3 is 2.13 bits per heavy atom. The van der Waals surface area contributed by atoms with Gasteiger partial charge in [-0.25, -0.2) is 0 Å². The molecule has 21 heteroatoms. The van der Waals surface area contributed by atoms with Crippen molar-refractivity contribution in [2.75, 3.05) is 26.2 Å². The second-order valence-electron chi connectivity index (χ2n) is 13.0. The number of amides is 6. The number of aliphatic carboxylic acids is 1. The van der Waals surface area contributed by atoms with E-state index in [2.05, 4.69) is 46.9 Å². The SMILES string of the molecule is [N-]=[N+]=NCCCCC[C@@H](N)C(=O)NCCCC[C@@H]1NC(=O)[C@@H](Cc2ccccc2)NC(=O)[C@H](CC(=O)O)NC(=O)CNC(=O)[C@H](CCCN=C(N)N)NC1=O. The first-order valence-corrected chi connectivity index (χ1v) is 18.1. The average Bonchev–Trinajstić information content (AvgIpc) is 3.14. The maximum atomic E-state index is 13.9. The van der Waals surface area contributed by atoms with Crippen molar-refractivity contribution < 1.29 is 38.7 Å². The zero-order valence-corrected chi connectivity index (χ0v) is 30.7. The van der Waals surface area contributed by atoms with Gasteiger partial charge in [0, 0.05) is 31.0 Å². The fourth-order valence-corrected chi connectivity index (χ4v) is 5.55. The van der Waals surface area contributed by atoms with E-state index in [0.717, 1.165) is 6.42 Å². The van der Waals surface area contributed by atoms with Crippen molar-refractivity contribution in [2.45, 2.75) is 101 Å². The van der Waals surface area contributed by atoms with Crippen LogP contribution in [0.25, 0.3) is 10.4 Å². The van der Waals surface area contributed by atoms with Gasteiger partial charge in [-0.05, 0) is 56.0 Å². The number of nitrogens with one attached hydrogen (secondary N) is 6. The van der Waals surface area contributed by atoms with Crippen LogP contribution in [0.4, 0.5) is 0 Å². The minimum Gasteiger partial charge on any atom is -0.481 e. The molecule has 1 aliphatic rings. The number of azide groups is 1. The Labute approximate surface area is 318 Å². The first kappa shape index (κ1) is 45.2. The van der Waals surface area contributed by atoms with Crippen molar-refractivity contribution in [3.8, 4) is 0 Å². The maximum absolute atomic E-state index is 13.9. The van der Waals surface area contributed by atoms with Crippen LogP contribution in [-0.2, 0) is 40.0 Å². The Hall–Kier alpha value is -5.95. The van der Waals surface area contributed by atoms with E-state index >= 15 is 0 Å². The second-order valence-corrected chi connectivity index (χ2v) is 13.0. The number of carboxylic acids is 1. The maximum Gasteiger partial charge on any atom is 0.305 e. The summed E-state index contributed by atoms with van der Waals surface area (Å²) in [7, 11) is 0. The fourth-order valence-electron chi connectivity index (χ4n) is 5.55. The highest BCUT2D eigenvalue weighted by Gasteiger charge is 2.33. The van der Waals surface area contributed by atoms with Crippen molar-refractivity contribution >= 4 is 47.4 Å². The molecule has 21 nitrogen and oxygen atoms in total. The van der Waals surface area contributed by atoms with Crippen LogP contribution in [0.5, 0.6) is 0 Å². The monoisotopic (exact) mass is 771 g/mol. The molecular formula is C34H53N13O8. The molecule has 1 aromatic carbocycles. The Morgan fingerprint density at radius 2 is 1.45 bits per heavy atom. The molecule has 0 spiro atoms. The van der Waals surface area contributed by atoms with Gasteiger partial charge >= 0.3 is 5.97 Å². The molecule has 0 bridgehead atoms. The number of carboxylic acid groups (broad SMARTS) is 1. The number of rotatable bonds is 20. The lowest BCUT2D eigenvalue weighted by molar-refractivity contribution is -0.141. The van der Waals surface area contributed by atoms with Crippen molar-refractivity contribution in [2.24, 2.45) is 27.3 Å². The van der Waals surface area contributed by atoms with Crippen LogP contribution in [0.2, 0.25) is 0 Å². The van der Waals surface area contributed by atoms with Crippen LogP contribution in [0.1, 0.15) is 69.8 Å². The number of nitrogens with two attached hydrogens (primary N) is 3. The molecule has 2 rings (SSSR count). The Morgan fingerprint density at radius 1 is 0.818 bits per heavy atom. The lowest BCUT2D eigenvalue weighted by Gasteiger charge is -2.26. The molecule has 302 valence electrons. The molecule has 0 saturated carbocycles. The predicted molar refractivity (Wildman–Crippen MR) is 200 cm³/mol. The van der Waals surface area contributed by atoms with Gasteiger partial charge < -0.3 is 54.2 Å². The number of hydrogen-bond acceptors (Lipinski definition) is 10. The third-order valence-electron chi connectivity index (χ3n) is 8.47. The second kappa shape index (κ2) is 25.1. The van der Waals surface area contributed by atoms with Crippen molar-refractivity contribution in [1.29, 1.82) is 0 Å². The lowest BCUT2D eigenvalue weighted by Crippen LogP contribution is -2.58. The zero-order chi connectivity index (χ0) is 40.6. The van der Waals surface area contributed by atoms with Crippen LogP contribution in [-0.4, -0.2) is 109 Å². The van der Waals surface area contributed by atoms with E-state index in [1.54, 1.807) is 30.3 Å². The molecular weight excluding hydrogens is 718 g/mol. The Balaban J connectivity index is 2.28. The molecule has 1 aromatic rings. The molecule has 1 heterocycles. The van der Waals surface area contributed by atoms with Gasteiger partial charge in [-0.2, -0.15) is 0 Å². The van der Waals surface area contributed by atoms with E-state index in [4.69, 9.17) is 22.7 Å². The van der Waals surface area contributed by atoms with Crippen LogP contribution in [0.15, 0.2) is 40.4 Å². The van der Waals surface area contributed by atoms with E-state index in [1.807, 2.05) is 0 Å². The van der Waals surface area contributed by atoms with Crippen LogP contribution in [0, 0.1) is 0 Å². The molecule has 5 atom stereocenters. The molecule has 0 aromatic heterocycles. The third kappa shape index (κ3) is 18.6. The normalized spacial score (nSPS) is 20.1. The number of hydrogen-bond donors (Lipinski definition) is 10. The number of carbonyl (C=O) groups excluding carboxylic acids is 6. The number of carbonyl (C=O) groups is 7. The molecule has 0 aliphatic carbocycles. The van der Waals surface area contributed by atoms with E-state index in [9.17, 15) is 38.7 Å². The summed E-state index contributed by atoms with van der Waals surface area (Å²) in [5, 5.41) is 28.2. The summed E-state index contributed by atoms with van der Waals surface area (Å²) in [5.41, 5.74) is 25.8. The zero-order valence-electron chi connectivity index (χ0n) is 30.7. The summed E-state index contributed by atoms with van der Waals surface area (Å²) in [6.45, 7) is 0.0730. The van der Waals surface area contributed by atoms with Gasteiger partial charge in [-0.1, -0.05) is 48.3 Å². The summed E-state index contributed by atoms with van der Waals surface area (Å²) in [5.74, 6) is -6.03. The fraction of sp³-hybridized carbons (Fsp3) is 0.588. The molecule has 0 unspecified atom stereocenters. The molecule has 6 amide bonds. The number of aliphatic imine (C=N–C) groups is 1. The van der Waals surface area contributed by atoms with Crippen molar-refractivity contribution in [3.05, 3.63) is 46.3 Å². The molecule has 1 saturated heterocycles. The topological polar surface area (TPSA) is 351 Å². The van der Waals surface area contributed by atoms with Crippen LogP contribution < -0.4 is 49.1 Å². The number of guanidine groups is 1. The Kier molecular flexibility index (Phi) is 20.7. The molecule has 1 fully saturated rings. The molecule has 1 aliphatic heterocycles. The average molecular weight is 772 g/mol. The molecule has 13 N–H and O–H groups in total. The first-order valence-electron chi connectivity index (χ1n) is 18.1. The number of benzene rings is 1. The van der Waals surface area contributed by atoms with Crippen LogP contribution in [0.3, 0.4) is 0 Å². The summed E-state index contributed by atoms with van der Waals surface area (Å²) in [4.78, 5) is 97.8. The highest BCUT2D eigenvalue weighted by molar-refractivity contribution is 5.98. The van der Waals surface area contributed by atoms with Crippen LogP contribution >= 0.6 is 0 Å². The minimum absolute atomic E-state index is 0.0367. The summed E-state index contributed by atoms with van der Waals surface area (Å²) < 4.78 is 0.